The molecule has 1 aromatic carbocycles. The Bertz CT molecular complexity index is 440. The summed E-state index contributed by atoms with van der Waals surface area (Å²) < 4.78 is 50.1. The Kier molecular flexibility index (Phi) is 4.42. The summed E-state index contributed by atoms with van der Waals surface area (Å²) in [6.45, 7) is 0.554. The Morgan fingerprint density at radius 1 is 1.15 bits per heavy atom. The van der Waals surface area contributed by atoms with Crippen molar-refractivity contribution in [3.63, 3.8) is 0 Å². The molecule has 6 heteroatoms. The molecule has 2 rings (SSSR count). The van der Waals surface area contributed by atoms with Crippen molar-refractivity contribution in [1.29, 1.82) is 0 Å². The Morgan fingerprint density at radius 3 is 2.25 bits per heavy atom. The van der Waals surface area contributed by atoms with Crippen LogP contribution in [0.2, 0.25) is 0 Å². The van der Waals surface area contributed by atoms with E-state index in [2.05, 4.69) is 5.32 Å². The number of ether oxygens (including phenoxy) is 2. The summed E-state index contributed by atoms with van der Waals surface area (Å²) in [5, 5.41) is 2.96. The summed E-state index contributed by atoms with van der Waals surface area (Å²) >= 11 is 0. The van der Waals surface area contributed by atoms with Crippen LogP contribution in [-0.2, 0) is 0 Å². The Hall–Kier alpha value is -1.43. The highest BCUT2D eigenvalue weighted by molar-refractivity contribution is 5.47. The van der Waals surface area contributed by atoms with Crippen LogP contribution in [0.5, 0.6) is 11.5 Å². The summed E-state index contributed by atoms with van der Waals surface area (Å²) in [6, 6.07) is 4.17. The van der Waals surface area contributed by atoms with Crippen LogP contribution >= 0.6 is 0 Å². The Balaban J connectivity index is 2.47. The Labute approximate surface area is 116 Å². The van der Waals surface area contributed by atoms with Gasteiger partial charge >= 0.3 is 6.18 Å². The SMILES string of the molecule is COc1cccc(OC)c1C1NCCCC1C(F)(F)F. The van der Waals surface area contributed by atoms with Crippen LogP contribution in [0.1, 0.15) is 24.4 Å². The zero-order valence-electron chi connectivity index (χ0n) is 11.5. The molecule has 0 saturated carbocycles. The average Bonchev–Trinajstić information content (AvgIpc) is 2.45. The quantitative estimate of drug-likeness (QED) is 0.926. The van der Waals surface area contributed by atoms with E-state index < -0.39 is 18.1 Å². The van der Waals surface area contributed by atoms with Crippen LogP contribution in [0.3, 0.4) is 0 Å². The number of halogens is 3. The summed E-state index contributed by atoms with van der Waals surface area (Å²) in [6.07, 6.45) is -3.62. The molecule has 20 heavy (non-hydrogen) atoms. The van der Waals surface area contributed by atoms with E-state index >= 15 is 0 Å². The zero-order valence-corrected chi connectivity index (χ0v) is 11.5. The number of piperidine rings is 1. The number of hydrogen-bond donors (Lipinski definition) is 1. The van der Waals surface area contributed by atoms with Gasteiger partial charge in [0.1, 0.15) is 11.5 Å². The van der Waals surface area contributed by atoms with E-state index in [0.717, 1.165) is 0 Å². The minimum absolute atomic E-state index is 0.113. The predicted molar refractivity (Wildman–Crippen MR) is 69.1 cm³/mol. The average molecular weight is 289 g/mol. The van der Waals surface area contributed by atoms with Gasteiger partial charge < -0.3 is 14.8 Å². The maximum Gasteiger partial charge on any atom is 0.393 e. The number of rotatable bonds is 3. The molecule has 0 bridgehead atoms. The van der Waals surface area contributed by atoms with E-state index in [9.17, 15) is 13.2 Å². The number of hydrogen-bond acceptors (Lipinski definition) is 3. The van der Waals surface area contributed by atoms with E-state index in [0.29, 0.717) is 30.0 Å². The third kappa shape index (κ3) is 2.85. The van der Waals surface area contributed by atoms with Gasteiger partial charge in [0.15, 0.2) is 0 Å². The lowest BCUT2D eigenvalue weighted by Crippen LogP contribution is -2.41. The Morgan fingerprint density at radius 2 is 1.75 bits per heavy atom. The normalized spacial score (nSPS) is 23.4. The summed E-state index contributed by atoms with van der Waals surface area (Å²) in [4.78, 5) is 0. The molecule has 1 saturated heterocycles. The molecule has 1 aromatic rings. The van der Waals surface area contributed by atoms with Gasteiger partial charge in [-0.1, -0.05) is 6.07 Å². The van der Waals surface area contributed by atoms with Crippen LogP contribution in [0, 0.1) is 5.92 Å². The fourth-order valence-corrected chi connectivity index (χ4v) is 2.73. The maximum atomic E-state index is 13.2. The molecule has 0 radical (unpaired) electrons. The van der Waals surface area contributed by atoms with E-state index in [1.165, 1.54) is 14.2 Å². The minimum atomic E-state index is -4.25. The van der Waals surface area contributed by atoms with Gasteiger partial charge in [0.05, 0.1) is 31.7 Å². The maximum absolute atomic E-state index is 13.2. The van der Waals surface area contributed by atoms with Gasteiger partial charge in [-0.3, -0.25) is 0 Å². The van der Waals surface area contributed by atoms with Gasteiger partial charge in [-0.15, -0.1) is 0 Å². The summed E-state index contributed by atoms with van der Waals surface area (Å²) in [5.74, 6) is -0.600. The van der Waals surface area contributed by atoms with E-state index in [4.69, 9.17) is 9.47 Å². The van der Waals surface area contributed by atoms with Crippen LogP contribution in [0.25, 0.3) is 0 Å². The fourth-order valence-electron chi connectivity index (χ4n) is 2.73. The van der Waals surface area contributed by atoms with Crippen LogP contribution in [-0.4, -0.2) is 26.9 Å². The van der Waals surface area contributed by atoms with Gasteiger partial charge in [-0.05, 0) is 31.5 Å². The molecule has 1 aliphatic rings. The minimum Gasteiger partial charge on any atom is -0.496 e. The third-order valence-corrected chi connectivity index (χ3v) is 3.66. The second-order valence-corrected chi connectivity index (χ2v) is 4.80. The number of benzene rings is 1. The molecule has 0 aromatic heterocycles. The molecular formula is C14H18F3NO2. The van der Waals surface area contributed by atoms with Crippen LogP contribution in [0.15, 0.2) is 18.2 Å². The van der Waals surface area contributed by atoms with Crippen molar-refractivity contribution in [3.8, 4) is 11.5 Å². The molecule has 0 aliphatic carbocycles. The fraction of sp³-hybridized carbons (Fsp3) is 0.571. The molecule has 1 fully saturated rings. The first kappa shape index (κ1) is 15.0. The van der Waals surface area contributed by atoms with Crippen molar-refractivity contribution in [1.82, 2.24) is 5.32 Å². The molecule has 1 aliphatic heterocycles. The highest BCUT2D eigenvalue weighted by Crippen LogP contribution is 2.46. The number of nitrogens with one attached hydrogen (secondary N) is 1. The number of methoxy groups -OCH3 is 2. The van der Waals surface area contributed by atoms with Crippen molar-refractivity contribution in [2.75, 3.05) is 20.8 Å². The first-order valence-electron chi connectivity index (χ1n) is 6.50. The second-order valence-electron chi connectivity index (χ2n) is 4.80. The third-order valence-electron chi connectivity index (χ3n) is 3.66. The smallest absolute Gasteiger partial charge is 0.393 e. The molecule has 1 heterocycles. The highest BCUT2D eigenvalue weighted by Gasteiger charge is 2.47. The monoisotopic (exact) mass is 289 g/mol. The molecule has 2 atom stereocenters. The van der Waals surface area contributed by atoms with Gasteiger partial charge in [-0.25, -0.2) is 0 Å². The molecule has 112 valence electrons. The lowest BCUT2D eigenvalue weighted by molar-refractivity contribution is -0.189. The van der Waals surface area contributed by atoms with Gasteiger partial charge in [0, 0.05) is 0 Å². The topological polar surface area (TPSA) is 30.5 Å². The first-order chi connectivity index (χ1) is 9.49. The lowest BCUT2D eigenvalue weighted by atomic mass is 9.85. The van der Waals surface area contributed by atoms with Crippen molar-refractivity contribution < 1.29 is 22.6 Å². The van der Waals surface area contributed by atoms with E-state index in [1.54, 1.807) is 18.2 Å². The molecule has 0 amide bonds. The summed E-state index contributed by atoms with van der Waals surface area (Å²) in [7, 11) is 2.90. The molecular weight excluding hydrogens is 271 g/mol. The first-order valence-corrected chi connectivity index (χ1v) is 6.50. The van der Waals surface area contributed by atoms with Gasteiger partial charge in [0.25, 0.3) is 0 Å². The van der Waals surface area contributed by atoms with Gasteiger partial charge in [0.2, 0.25) is 0 Å². The second kappa shape index (κ2) is 5.91. The highest BCUT2D eigenvalue weighted by atomic mass is 19.4. The zero-order chi connectivity index (χ0) is 14.8. The molecule has 1 N–H and O–H groups in total. The number of alkyl halides is 3. The van der Waals surface area contributed by atoms with Crippen molar-refractivity contribution in [2.45, 2.75) is 25.1 Å². The molecule has 0 spiro atoms. The van der Waals surface area contributed by atoms with Crippen LogP contribution < -0.4 is 14.8 Å². The predicted octanol–water partition coefficient (Wildman–Crippen LogP) is 3.31. The van der Waals surface area contributed by atoms with Crippen molar-refractivity contribution >= 4 is 0 Å². The largest absolute Gasteiger partial charge is 0.496 e. The van der Waals surface area contributed by atoms with E-state index in [-0.39, 0.29) is 6.42 Å². The van der Waals surface area contributed by atoms with Crippen molar-refractivity contribution in [2.24, 2.45) is 5.92 Å². The molecule has 3 nitrogen and oxygen atoms in total. The summed E-state index contributed by atoms with van der Waals surface area (Å²) in [5.41, 5.74) is 0.444. The van der Waals surface area contributed by atoms with Gasteiger partial charge in [-0.2, -0.15) is 13.2 Å². The van der Waals surface area contributed by atoms with Crippen molar-refractivity contribution in [3.05, 3.63) is 23.8 Å². The van der Waals surface area contributed by atoms with E-state index in [1.807, 2.05) is 0 Å². The van der Waals surface area contributed by atoms with Crippen LogP contribution in [0.4, 0.5) is 13.2 Å². The molecule has 2 unspecified atom stereocenters. The standard InChI is InChI=1S/C14H18F3NO2/c1-19-10-6-3-7-11(20-2)12(10)13-9(14(15,16)17)5-4-8-18-13/h3,6-7,9,13,18H,4-5,8H2,1-2H3. The lowest BCUT2D eigenvalue weighted by Gasteiger charge is -2.35.